The Kier molecular flexibility index (Phi) is 6.67. The van der Waals surface area contributed by atoms with Crippen molar-refractivity contribution in [1.82, 2.24) is 4.90 Å². The van der Waals surface area contributed by atoms with Crippen LogP contribution < -0.4 is 11.1 Å². The maximum absolute atomic E-state index is 12.7. The van der Waals surface area contributed by atoms with E-state index in [1.165, 1.54) is 0 Å². The summed E-state index contributed by atoms with van der Waals surface area (Å²) >= 11 is 1.59. The zero-order valence-electron chi connectivity index (χ0n) is 17.7. The Bertz CT molecular complexity index is 1200. The standard InChI is InChI=1S/C23H24N3O5PS/c24-19-8-7-17(21-2-1-13-33-21)14-20(19)25-22(27)15-3-5-16(6-4-15)23(28)26-11-9-18(10-12-26)32(29,30)31/h1-8,13-14,18H,9-12,24H2,(H,25,27)(H2,29,30,31). The number of nitrogen functional groups attached to an aromatic ring is 1. The van der Waals surface area contributed by atoms with E-state index in [1.54, 1.807) is 46.6 Å². The Hall–Kier alpha value is -2.97. The molecule has 2 heterocycles. The van der Waals surface area contributed by atoms with Crippen LogP contribution >= 0.6 is 18.9 Å². The Balaban J connectivity index is 1.41. The molecule has 2 aromatic carbocycles. The molecule has 5 N–H and O–H groups in total. The van der Waals surface area contributed by atoms with Crippen molar-refractivity contribution >= 4 is 42.1 Å². The number of amides is 2. The molecule has 1 fully saturated rings. The number of hydrogen-bond acceptors (Lipinski definition) is 5. The quantitative estimate of drug-likeness (QED) is 0.319. The van der Waals surface area contributed by atoms with E-state index in [-0.39, 0.29) is 37.7 Å². The molecule has 1 aliphatic rings. The van der Waals surface area contributed by atoms with Crippen molar-refractivity contribution in [1.29, 1.82) is 0 Å². The second kappa shape index (κ2) is 9.49. The molecule has 2 amide bonds. The summed E-state index contributed by atoms with van der Waals surface area (Å²) in [5, 5.41) is 4.81. The minimum Gasteiger partial charge on any atom is -0.397 e. The molecule has 0 radical (unpaired) electrons. The minimum atomic E-state index is -4.13. The van der Waals surface area contributed by atoms with E-state index in [0.717, 1.165) is 10.4 Å². The zero-order valence-corrected chi connectivity index (χ0v) is 19.4. The van der Waals surface area contributed by atoms with Crippen molar-refractivity contribution in [2.45, 2.75) is 18.5 Å². The van der Waals surface area contributed by atoms with Gasteiger partial charge in [0.2, 0.25) is 0 Å². The van der Waals surface area contributed by atoms with Gasteiger partial charge in [-0.25, -0.2) is 0 Å². The number of rotatable bonds is 5. The molecule has 0 aliphatic carbocycles. The molecule has 0 atom stereocenters. The molecule has 0 bridgehead atoms. The van der Waals surface area contributed by atoms with Gasteiger partial charge in [-0.15, -0.1) is 11.3 Å². The van der Waals surface area contributed by atoms with Crippen molar-refractivity contribution in [3.8, 4) is 10.4 Å². The fourth-order valence-electron chi connectivity index (χ4n) is 3.81. The maximum Gasteiger partial charge on any atom is 0.328 e. The van der Waals surface area contributed by atoms with Crippen molar-refractivity contribution < 1.29 is 23.9 Å². The number of nitrogens with two attached hydrogens (primary N) is 1. The monoisotopic (exact) mass is 485 g/mol. The van der Waals surface area contributed by atoms with Crippen LogP contribution in [0.3, 0.4) is 0 Å². The van der Waals surface area contributed by atoms with Crippen molar-refractivity contribution in [2.24, 2.45) is 0 Å². The molecule has 1 aliphatic heterocycles. The first-order valence-electron chi connectivity index (χ1n) is 10.4. The third kappa shape index (κ3) is 5.34. The van der Waals surface area contributed by atoms with E-state index in [1.807, 2.05) is 29.6 Å². The number of anilines is 2. The van der Waals surface area contributed by atoms with Crippen LogP contribution in [0.15, 0.2) is 60.0 Å². The van der Waals surface area contributed by atoms with Gasteiger partial charge in [-0.2, -0.15) is 0 Å². The lowest BCUT2D eigenvalue weighted by Gasteiger charge is -2.32. The van der Waals surface area contributed by atoms with Crippen LogP contribution in [0.5, 0.6) is 0 Å². The number of nitrogens with one attached hydrogen (secondary N) is 1. The molecule has 1 saturated heterocycles. The molecule has 4 rings (SSSR count). The number of carbonyl (C=O) groups is 2. The summed E-state index contributed by atoms with van der Waals surface area (Å²) in [7, 11) is -4.13. The summed E-state index contributed by atoms with van der Waals surface area (Å²) in [5.74, 6) is -0.564. The zero-order chi connectivity index (χ0) is 23.6. The number of likely N-dealkylation sites (tertiary alicyclic amines) is 1. The molecule has 10 heteroatoms. The van der Waals surface area contributed by atoms with E-state index in [0.29, 0.717) is 22.5 Å². The predicted octanol–water partition coefficient (Wildman–Crippen LogP) is 4.03. The number of hydrogen-bond donors (Lipinski definition) is 4. The predicted molar refractivity (Wildman–Crippen MR) is 130 cm³/mol. The summed E-state index contributed by atoms with van der Waals surface area (Å²) in [5.41, 5.74) is 8.07. The fraction of sp³-hybridized carbons (Fsp3) is 0.217. The Morgan fingerprint density at radius 3 is 2.30 bits per heavy atom. The smallest absolute Gasteiger partial charge is 0.328 e. The average Bonchev–Trinajstić information content (AvgIpc) is 3.35. The first-order valence-corrected chi connectivity index (χ1v) is 13.0. The van der Waals surface area contributed by atoms with Gasteiger partial charge in [0.15, 0.2) is 0 Å². The Morgan fingerprint density at radius 1 is 1.03 bits per heavy atom. The van der Waals surface area contributed by atoms with Gasteiger partial charge in [-0.05, 0) is 66.2 Å². The number of nitrogens with zero attached hydrogens (tertiary/aromatic N) is 1. The van der Waals surface area contributed by atoms with Crippen LogP contribution in [0.25, 0.3) is 10.4 Å². The van der Waals surface area contributed by atoms with Crippen molar-refractivity contribution in [2.75, 3.05) is 24.1 Å². The second-order valence-electron chi connectivity index (χ2n) is 7.92. The van der Waals surface area contributed by atoms with Crippen LogP contribution in [0, 0.1) is 0 Å². The van der Waals surface area contributed by atoms with Crippen molar-refractivity contribution in [3.05, 3.63) is 71.1 Å². The summed E-state index contributed by atoms with van der Waals surface area (Å²) in [6, 6.07) is 15.7. The van der Waals surface area contributed by atoms with Crippen LogP contribution in [-0.4, -0.2) is 45.2 Å². The highest BCUT2D eigenvalue weighted by molar-refractivity contribution is 7.52. The lowest BCUT2D eigenvalue weighted by Crippen LogP contribution is -2.40. The average molecular weight is 486 g/mol. The van der Waals surface area contributed by atoms with E-state index >= 15 is 0 Å². The van der Waals surface area contributed by atoms with Gasteiger partial charge in [0.05, 0.1) is 17.0 Å². The van der Waals surface area contributed by atoms with Crippen LogP contribution in [-0.2, 0) is 4.57 Å². The van der Waals surface area contributed by atoms with Gasteiger partial charge in [0.25, 0.3) is 11.8 Å². The van der Waals surface area contributed by atoms with Gasteiger partial charge >= 0.3 is 7.60 Å². The minimum absolute atomic E-state index is 0.223. The number of thiophene rings is 1. The first-order chi connectivity index (χ1) is 15.7. The number of carbonyl (C=O) groups excluding carboxylic acids is 2. The molecule has 0 unspecified atom stereocenters. The van der Waals surface area contributed by atoms with Crippen LogP contribution in [0.4, 0.5) is 11.4 Å². The maximum atomic E-state index is 12.7. The molecule has 3 aromatic rings. The third-order valence-electron chi connectivity index (χ3n) is 5.73. The molecule has 0 spiro atoms. The summed E-state index contributed by atoms with van der Waals surface area (Å²) < 4.78 is 11.4. The second-order valence-corrected chi connectivity index (χ2v) is 10.8. The van der Waals surface area contributed by atoms with E-state index in [2.05, 4.69) is 5.32 Å². The lowest BCUT2D eigenvalue weighted by atomic mass is 10.1. The van der Waals surface area contributed by atoms with Gasteiger partial charge in [0.1, 0.15) is 0 Å². The molecular weight excluding hydrogens is 461 g/mol. The highest BCUT2D eigenvalue weighted by Gasteiger charge is 2.33. The Morgan fingerprint density at radius 2 is 1.70 bits per heavy atom. The third-order valence-corrected chi connectivity index (χ3v) is 8.12. The molecule has 33 heavy (non-hydrogen) atoms. The summed E-state index contributed by atoms with van der Waals surface area (Å²) in [4.78, 5) is 46.8. The molecule has 1 aromatic heterocycles. The fourth-order valence-corrected chi connectivity index (χ4v) is 5.43. The van der Waals surface area contributed by atoms with E-state index in [4.69, 9.17) is 5.73 Å². The number of benzene rings is 2. The van der Waals surface area contributed by atoms with Gasteiger partial charge in [-0.3, -0.25) is 14.2 Å². The Labute approximate surface area is 195 Å². The van der Waals surface area contributed by atoms with E-state index < -0.39 is 13.3 Å². The molecule has 8 nitrogen and oxygen atoms in total. The highest BCUT2D eigenvalue weighted by atomic mass is 32.1. The highest BCUT2D eigenvalue weighted by Crippen LogP contribution is 2.46. The van der Waals surface area contributed by atoms with Gasteiger partial charge < -0.3 is 25.7 Å². The molecule has 172 valence electrons. The normalized spacial score (nSPS) is 14.8. The van der Waals surface area contributed by atoms with Crippen molar-refractivity contribution in [3.63, 3.8) is 0 Å². The largest absolute Gasteiger partial charge is 0.397 e. The first kappa shape index (κ1) is 23.2. The SMILES string of the molecule is Nc1ccc(-c2cccs2)cc1NC(=O)c1ccc(C(=O)N2CCC(P(=O)(O)O)CC2)cc1. The lowest BCUT2D eigenvalue weighted by molar-refractivity contribution is 0.0720. The molecular formula is C23H24N3O5PS. The summed E-state index contributed by atoms with van der Waals surface area (Å²) in [6.45, 7) is 0.577. The number of piperidine rings is 1. The van der Waals surface area contributed by atoms with E-state index in [9.17, 15) is 23.9 Å². The molecule has 0 saturated carbocycles. The van der Waals surface area contributed by atoms with Gasteiger partial charge in [-0.1, -0.05) is 12.1 Å². The van der Waals surface area contributed by atoms with Gasteiger partial charge in [0, 0.05) is 29.1 Å². The summed E-state index contributed by atoms with van der Waals surface area (Å²) in [6.07, 6.45) is 0.533. The topological polar surface area (TPSA) is 133 Å². The van der Waals surface area contributed by atoms with Crippen LogP contribution in [0.2, 0.25) is 0 Å². The van der Waals surface area contributed by atoms with Crippen LogP contribution in [0.1, 0.15) is 33.6 Å².